The molecule has 0 spiro atoms. The summed E-state index contributed by atoms with van der Waals surface area (Å²) in [6.45, 7) is 0. The largest absolute Gasteiger partial charge is 0.456 e. The highest BCUT2D eigenvalue weighted by Crippen LogP contribution is 2.42. The van der Waals surface area contributed by atoms with Gasteiger partial charge in [0.25, 0.3) is 0 Å². The molecule has 0 atom stereocenters. The van der Waals surface area contributed by atoms with Crippen molar-refractivity contribution in [1.82, 2.24) is 9.97 Å². The van der Waals surface area contributed by atoms with Gasteiger partial charge in [-0.05, 0) is 12.1 Å². The second-order valence-corrected chi connectivity index (χ2v) is 11.3. The van der Waals surface area contributed by atoms with Gasteiger partial charge in [-0.15, -0.1) is 11.3 Å². The van der Waals surface area contributed by atoms with Crippen LogP contribution in [0.5, 0.6) is 0 Å². The first-order chi connectivity index (χ1) is 19.8. The molecule has 40 heavy (non-hydrogen) atoms. The molecule has 4 aromatic carbocycles. The van der Waals surface area contributed by atoms with E-state index in [1.807, 2.05) is 0 Å². The Labute approximate surface area is 233 Å². The number of thiophene rings is 1. The van der Waals surface area contributed by atoms with E-state index >= 15 is 0 Å². The number of benzene rings is 4. The summed E-state index contributed by atoms with van der Waals surface area (Å²) in [6, 6.07) is 42.5. The summed E-state index contributed by atoms with van der Waals surface area (Å²) in [4.78, 5) is 10.3. The van der Waals surface area contributed by atoms with Crippen LogP contribution in [0.2, 0.25) is 0 Å². The van der Waals surface area contributed by atoms with Gasteiger partial charge in [0, 0.05) is 65.3 Å². The van der Waals surface area contributed by atoms with Gasteiger partial charge in [0.15, 0.2) is 0 Å². The monoisotopic (exact) mass is 528 g/mol. The molecule has 0 aliphatic carbocycles. The molecule has 186 valence electrons. The van der Waals surface area contributed by atoms with Crippen molar-refractivity contribution in [1.29, 1.82) is 0 Å². The molecule has 0 saturated heterocycles. The highest BCUT2D eigenvalue weighted by atomic mass is 32.1. The van der Waals surface area contributed by atoms with E-state index < -0.39 is 0 Å². The number of nitrogens with zero attached hydrogens (tertiary/aromatic N) is 2. The van der Waals surface area contributed by atoms with Crippen molar-refractivity contribution in [3.8, 4) is 45.0 Å². The van der Waals surface area contributed by atoms with Gasteiger partial charge in [0.2, 0.25) is 0 Å². The first-order valence-electron chi connectivity index (χ1n) is 13.3. The first kappa shape index (κ1) is 21.8. The van der Waals surface area contributed by atoms with E-state index in [4.69, 9.17) is 14.4 Å². The van der Waals surface area contributed by atoms with Gasteiger partial charge in [-0.25, -0.2) is 9.97 Å². The van der Waals surface area contributed by atoms with E-state index in [-0.39, 0.29) is 0 Å². The summed E-state index contributed by atoms with van der Waals surface area (Å²) in [5.41, 5.74) is 9.86. The Hall–Kier alpha value is -5.06. The van der Waals surface area contributed by atoms with Crippen LogP contribution in [-0.4, -0.2) is 9.97 Å². The fraction of sp³-hybridized carbons (Fsp3) is 0. The second-order valence-electron chi connectivity index (χ2n) is 10.2. The molecule has 5 heterocycles. The number of aromatic nitrogens is 2. The normalized spacial score (nSPS) is 12.0. The molecule has 0 saturated carbocycles. The third-order valence-corrected chi connectivity index (χ3v) is 8.98. The lowest BCUT2D eigenvalue weighted by Gasteiger charge is -1.97. The Morgan fingerprint density at radius 1 is 0.400 bits per heavy atom. The first-order valence-corrected chi connectivity index (χ1v) is 14.1. The fourth-order valence-electron chi connectivity index (χ4n) is 6.01. The summed E-state index contributed by atoms with van der Waals surface area (Å²) in [7, 11) is 0. The van der Waals surface area contributed by atoms with E-state index in [1.165, 1.54) is 20.2 Å². The minimum atomic E-state index is 0.801. The lowest BCUT2D eigenvalue weighted by molar-refractivity contribution is 0.669. The van der Waals surface area contributed by atoms with Gasteiger partial charge in [-0.1, -0.05) is 97.1 Å². The van der Waals surface area contributed by atoms with Crippen molar-refractivity contribution in [3.63, 3.8) is 0 Å². The molecule has 3 aromatic heterocycles. The molecule has 2 aliphatic heterocycles. The zero-order valence-electron chi connectivity index (χ0n) is 21.3. The summed E-state index contributed by atoms with van der Waals surface area (Å²) >= 11 is 1.79. The van der Waals surface area contributed by atoms with Gasteiger partial charge < -0.3 is 4.42 Å². The van der Waals surface area contributed by atoms with Crippen molar-refractivity contribution in [2.75, 3.05) is 0 Å². The van der Waals surface area contributed by atoms with Crippen molar-refractivity contribution in [3.05, 3.63) is 121 Å². The predicted octanol–water partition coefficient (Wildman–Crippen LogP) is 10.3. The predicted molar refractivity (Wildman–Crippen MR) is 166 cm³/mol. The van der Waals surface area contributed by atoms with Crippen molar-refractivity contribution in [2.24, 2.45) is 0 Å². The maximum absolute atomic E-state index is 6.58. The molecule has 0 amide bonds. The van der Waals surface area contributed by atoms with Crippen LogP contribution in [0.25, 0.3) is 87.1 Å². The highest BCUT2D eigenvalue weighted by molar-refractivity contribution is 7.25. The van der Waals surface area contributed by atoms with Crippen LogP contribution >= 0.6 is 11.3 Å². The summed E-state index contributed by atoms with van der Waals surface area (Å²) in [5, 5.41) is 4.58. The van der Waals surface area contributed by atoms with Gasteiger partial charge in [0.05, 0.1) is 22.8 Å². The van der Waals surface area contributed by atoms with E-state index in [2.05, 4.69) is 121 Å². The van der Waals surface area contributed by atoms with Crippen molar-refractivity contribution < 1.29 is 4.42 Å². The average molecular weight is 529 g/mol. The average Bonchev–Trinajstić information content (AvgIpc) is 3.73. The Morgan fingerprint density at radius 2 is 0.750 bits per heavy atom. The Balaban J connectivity index is 1.51. The molecule has 0 fully saturated rings. The van der Waals surface area contributed by atoms with Crippen LogP contribution < -0.4 is 0 Å². The maximum Gasteiger partial charge on any atom is 0.137 e. The van der Waals surface area contributed by atoms with E-state index in [0.29, 0.717) is 0 Å². The fourth-order valence-corrected chi connectivity index (χ4v) is 7.16. The van der Waals surface area contributed by atoms with Crippen LogP contribution in [0.4, 0.5) is 0 Å². The smallest absolute Gasteiger partial charge is 0.137 e. The highest BCUT2D eigenvalue weighted by Gasteiger charge is 2.19. The quantitative estimate of drug-likeness (QED) is 0.196. The zero-order valence-corrected chi connectivity index (χ0v) is 22.1. The summed E-state index contributed by atoms with van der Waals surface area (Å²) < 4.78 is 8.96. The van der Waals surface area contributed by atoms with Crippen LogP contribution in [-0.2, 0) is 0 Å². The van der Waals surface area contributed by atoms with Crippen LogP contribution in [0.15, 0.2) is 126 Å². The van der Waals surface area contributed by atoms with Gasteiger partial charge in [-0.2, -0.15) is 0 Å². The maximum atomic E-state index is 6.58. The molecule has 9 rings (SSSR count). The number of hydrogen-bond acceptors (Lipinski definition) is 4. The molecule has 3 nitrogen and oxygen atoms in total. The molecular weight excluding hydrogens is 508 g/mol. The molecule has 4 heteroatoms. The Kier molecular flexibility index (Phi) is 4.48. The summed E-state index contributed by atoms with van der Waals surface area (Å²) in [6.07, 6.45) is 0. The molecule has 2 aliphatic rings. The van der Waals surface area contributed by atoms with Crippen molar-refractivity contribution >= 4 is 53.4 Å². The third kappa shape index (κ3) is 3.17. The van der Waals surface area contributed by atoms with Gasteiger partial charge >= 0.3 is 0 Å². The minimum absolute atomic E-state index is 0.801. The molecule has 0 radical (unpaired) electrons. The second kappa shape index (κ2) is 8.22. The standard InChI is InChI=1S/C36H20N2OS/c1-3-11-23-21(9-1)29-17-33-25-13-5-6-14-26(25)34(39-33)18-30-22-10-2-4-12-24(22)32(38-30)20-36-28-16-8-7-15-27(28)35(40-36)19-31(23)37-29/h1-20H. The number of hydrogen-bond donors (Lipinski definition) is 0. The van der Waals surface area contributed by atoms with Crippen LogP contribution in [0.3, 0.4) is 0 Å². The lowest BCUT2D eigenvalue weighted by atomic mass is 10.0. The molecule has 0 N–H and O–H groups in total. The van der Waals surface area contributed by atoms with E-state index in [1.54, 1.807) is 11.3 Å². The third-order valence-electron chi connectivity index (χ3n) is 7.87. The topological polar surface area (TPSA) is 38.9 Å². The summed E-state index contributed by atoms with van der Waals surface area (Å²) in [5.74, 6) is 0. The van der Waals surface area contributed by atoms with Crippen molar-refractivity contribution in [2.45, 2.75) is 0 Å². The number of rotatable bonds is 0. The Morgan fingerprint density at radius 3 is 1.18 bits per heavy atom. The zero-order chi connectivity index (χ0) is 26.2. The molecule has 0 unspecified atom stereocenters. The van der Waals surface area contributed by atoms with Gasteiger partial charge in [0.1, 0.15) is 11.2 Å². The Bertz CT molecular complexity index is 2020. The SMILES string of the molecule is c1ccc2c(c1)-c1cc3oc(cc4nc(cc5sc(cc-2n1)c1ccccc51)-c1ccccc1-4)c1ccccc31. The number of fused-ring (bicyclic) bond motifs is 20. The molecule has 8 bridgehead atoms. The molecular formula is C36H20N2OS. The lowest BCUT2D eigenvalue weighted by Crippen LogP contribution is -1.74. The minimum Gasteiger partial charge on any atom is -0.456 e. The van der Waals surface area contributed by atoms with Crippen LogP contribution in [0.1, 0.15) is 0 Å². The van der Waals surface area contributed by atoms with E-state index in [0.717, 1.165) is 67.0 Å². The number of furan rings is 1. The van der Waals surface area contributed by atoms with E-state index in [9.17, 15) is 0 Å². The van der Waals surface area contributed by atoms with Crippen LogP contribution in [0, 0.1) is 0 Å². The molecule has 7 aromatic rings. The van der Waals surface area contributed by atoms with Gasteiger partial charge in [-0.3, -0.25) is 0 Å².